The predicted molar refractivity (Wildman–Crippen MR) is 68.3 cm³/mol. The summed E-state index contributed by atoms with van der Waals surface area (Å²) in [5.41, 5.74) is 1.92. The van der Waals surface area contributed by atoms with Gasteiger partial charge in [-0.3, -0.25) is 4.79 Å². The van der Waals surface area contributed by atoms with Gasteiger partial charge >= 0.3 is 5.97 Å². The van der Waals surface area contributed by atoms with E-state index < -0.39 is 0 Å². The minimum absolute atomic E-state index is 0.148. The van der Waals surface area contributed by atoms with Gasteiger partial charge in [-0.15, -0.1) is 24.2 Å². The molecule has 0 amide bonds. The van der Waals surface area contributed by atoms with Crippen LogP contribution in [0.5, 0.6) is 0 Å². The van der Waals surface area contributed by atoms with Gasteiger partial charge in [0.15, 0.2) is 0 Å². The van der Waals surface area contributed by atoms with E-state index in [4.69, 9.17) is 21.6 Å². The van der Waals surface area contributed by atoms with Crippen molar-refractivity contribution in [3.05, 3.63) is 28.8 Å². The molecule has 17 heavy (non-hydrogen) atoms. The van der Waals surface area contributed by atoms with Crippen LogP contribution >= 0.6 is 24.2 Å². The molecule has 3 nitrogen and oxygen atoms in total. The SMILES string of the molecule is CCOC(=O)Cc1ccc(C#N)c(S)c1CCl. The number of hydrogen-bond donors (Lipinski definition) is 1. The average molecular weight is 270 g/mol. The molecule has 0 N–H and O–H groups in total. The van der Waals surface area contributed by atoms with Crippen molar-refractivity contribution in [3.8, 4) is 6.07 Å². The Balaban J connectivity index is 3.05. The van der Waals surface area contributed by atoms with Crippen LogP contribution in [0.15, 0.2) is 17.0 Å². The Labute approximate surface area is 111 Å². The number of thiol groups is 1. The van der Waals surface area contributed by atoms with E-state index in [2.05, 4.69) is 12.6 Å². The van der Waals surface area contributed by atoms with Crippen LogP contribution in [0.3, 0.4) is 0 Å². The molecule has 5 heteroatoms. The molecule has 0 spiro atoms. The largest absolute Gasteiger partial charge is 0.466 e. The molecule has 1 rings (SSSR count). The van der Waals surface area contributed by atoms with Crippen molar-refractivity contribution < 1.29 is 9.53 Å². The van der Waals surface area contributed by atoms with E-state index in [9.17, 15) is 4.79 Å². The Kier molecular flexibility index (Phi) is 5.33. The zero-order chi connectivity index (χ0) is 12.8. The highest BCUT2D eigenvalue weighted by molar-refractivity contribution is 7.80. The number of hydrogen-bond acceptors (Lipinski definition) is 4. The highest BCUT2D eigenvalue weighted by atomic mass is 35.5. The van der Waals surface area contributed by atoms with Crippen molar-refractivity contribution in [1.29, 1.82) is 5.26 Å². The number of carbonyl (C=O) groups is 1. The van der Waals surface area contributed by atoms with Gasteiger partial charge in [0.1, 0.15) is 6.07 Å². The van der Waals surface area contributed by atoms with Crippen LogP contribution in [0.1, 0.15) is 23.6 Å². The molecule has 0 aliphatic carbocycles. The summed E-state index contributed by atoms with van der Waals surface area (Å²) in [4.78, 5) is 11.9. The second-order valence-electron chi connectivity index (χ2n) is 3.33. The van der Waals surface area contributed by atoms with E-state index >= 15 is 0 Å². The molecule has 1 aromatic carbocycles. The smallest absolute Gasteiger partial charge is 0.310 e. The Hall–Kier alpha value is -1.18. The highest BCUT2D eigenvalue weighted by Gasteiger charge is 2.13. The summed E-state index contributed by atoms with van der Waals surface area (Å²) in [5, 5.41) is 8.86. The van der Waals surface area contributed by atoms with Crippen LogP contribution in [0.2, 0.25) is 0 Å². The molecule has 0 bridgehead atoms. The fourth-order valence-electron chi connectivity index (χ4n) is 1.45. The summed E-state index contributed by atoms with van der Waals surface area (Å²) in [6, 6.07) is 5.37. The van der Waals surface area contributed by atoms with Crippen LogP contribution in [0.4, 0.5) is 0 Å². The molecule has 0 saturated carbocycles. The molecular weight excluding hydrogens is 258 g/mol. The minimum atomic E-state index is -0.309. The lowest BCUT2D eigenvalue weighted by atomic mass is 10.0. The van der Waals surface area contributed by atoms with Crippen molar-refractivity contribution in [1.82, 2.24) is 0 Å². The first-order valence-corrected chi connectivity index (χ1v) is 6.07. The molecule has 0 fully saturated rings. The van der Waals surface area contributed by atoms with Crippen molar-refractivity contribution >= 4 is 30.2 Å². The van der Waals surface area contributed by atoms with E-state index in [1.165, 1.54) is 0 Å². The molecule has 0 aromatic heterocycles. The van der Waals surface area contributed by atoms with E-state index in [0.29, 0.717) is 22.6 Å². The Morgan fingerprint density at radius 3 is 2.82 bits per heavy atom. The number of ether oxygens (including phenoxy) is 1. The first kappa shape index (κ1) is 13.9. The molecule has 0 atom stereocenters. The lowest BCUT2D eigenvalue weighted by Gasteiger charge is -2.10. The number of alkyl halides is 1. The molecule has 0 radical (unpaired) electrons. The standard InChI is InChI=1S/C12H12ClNO2S/c1-2-16-11(15)5-8-3-4-9(7-14)12(17)10(8)6-13/h3-4,17H,2,5-6H2,1H3. The molecule has 0 unspecified atom stereocenters. The molecule has 0 aliphatic heterocycles. The number of benzene rings is 1. The van der Waals surface area contributed by atoms with Gasteiger partial charge in [0, 0.05) is 10.8 Å². The zero-order valence-electron chi connectivity index (χ0n) is 9.36. The van der Waals surface area contributed by atoms with Crippen LogP contribution in [-0.4, -0.2) is 12.6 Å². The van der Waals surface area contributed by atoms with Crippen molar-refractivity contribution in [2.45, 2.75) is 24.1 Å². The monoisotopic (exact) mass is 269 g/mol. The molecule has 0 saturated heterocycles. The maximum atomic E-state index is 11.4. The quantitative estimate of drug-likeness (QED) is 0.519. The lowest BCUT2D eigenvalue weighted by Crippen LogP contribution is -2.09. The van der Waals surface area contributed by atoms with Crippen molar-refractivity contribution in [2.24, 2.45) is 0 Å². The number of nitriles is 1. The van der Waals surface area contributed by atoms with Gasteiger partial charge in [-0.2, -0.15) is 5.26 Å². The second-order valence-corrected chi connectivity index (χ2v) is 4.04. The van der Waals surface area contributed by atoms with Crippen LogP contribution in [0.25, 0.3) is 0 Å². The summed E-state index contributed by atoms with van der Waals surface area (Å²) < 4.78 is 4.87. The normalized spacial score (nSPS) is 9.76. The summed E-state index contributed by atoms with van der Waals surface area (Å²) >= 11 is 10.1. The number of halogens is 1. The highest BCUT2D eigenvalue weighted by Crippen LogP contribution is 2.25. The topological polar surface area (TPSA) is 50.1 Å². The Morgan fingerprint density at radius 1 is 1.59 bits per heavy atom. The van der Waals surface area contributed by atoms with Gasteiger partial charge in [0.2, 0.25) is 0 Å². The first-order chi connectivity index (χ1) is 8.13. The average Bonchev–Trinajstić information content (AvgIpc) is 2.30. The third kappa shape index (κ3) is 3.39. The maximum Gasteiger partial charge on any atom is 0.310 e. The summed E-state index contributed by atoms with van der Waals surface area (Å²) in [6.45, 7) is 2.10. The number of carbonyl (C=O) groups excluding carboxylic acids is 1. The van der Waals surface area contributed by atoms with Crippen molar-refractivity contribution in [2.75, 3.05) is 6.61 Å². The molecule has 0 aliphatic rings. The fourth-order valence-corrected chi connectivity index (χ4v) is 2.20. The number of esters is 1. The van der Waals surface area contributed by atoms with Gasteiger partial charge in [-0.1, -0.05) is 6.07 Å². The van der Waals surface area contributed by atoms with E-state index in [-0.39, 0.29) is 18.3 Å². The van der Waals surface area contributed by atoms with E-state index in [0.717, 1.165) is 5.56 Å². The maximum absolute atomic E-state index is 11.4. The fraction of sp³-hybridized carbons (Fsp3) is 0.333. The van der Waals surface area contributed by atoms with Gasteiger partial charge in [-0.05, 0) is 24.1 Å². The number of nitrogens with zero attached hydrogens (tertiary/aromatic N) is 1. The second kappa shape index (κ2) is 6.53. The molecule has 0 heterocycles. The zero-order valence-corrected chi connectivity index (χ0v) is 11.0. The number of rotatable bonds is 4. The van der Waals surface area contributed by atoms with Gasteiger partial charge in [-0.25, -0.2) is 0 Å². The lowest BCUT2D eigenvalue weighted by molar-refractivity contribution is -0.142. The molecular formula is C12H12ClNO2S. The molecule has 90 valence electrons. The van der Waals surface area contributed by atoms with E-state index in [1.54, 1.807) is 19.1 Å². The van der Waals surface area contributed by atoms with Crippen molar-refractivity contribution in [3.63, 3.8) is 0 Å². The summed E-state index contributed by atoms with van der Waals surface area (Å²) in [6.07, 6.45) is 0.148. The summed E-state index contributed by atoms with van der Waals surface area (Å²) in [7, 11) is 0. The van der Waals surface area contributed by atoms with Gasteiger partial charge < -0.3 is 4.74 Å². The van der Waals surface area contributed by atoms with Gasteiger partial charge in [0.25, 0.3) is 0 Å². The van der Waals surface area contributed by atoms with Crippen LogP contribution < -0.4 is 0 Å². The van der Waals surface area contributed by atoms with Crippen LogP contribution in [0, 0.1) is 11.3 Å². The van der Waals surface area contributed by atoms with E-state index in [1.807, 2.05) is 6.07 Å². The summed E-state index contributed by atoms with van der Waals surface area (Å²) in [5.74, 6) is -0.0976. The predicted octanol–water partition coefficient (Wildman–Crippen LogP) is 2.69. The molecule has 1 aromatic rings. The minimum Gasteiger partial charge on any atom is -0.466 e. The Bertz CT molecular complexity index is 468. The third-order valence-electron chi connectivity index (χ3n) is 2.27. The first-order valence-electron chi connectivity index (χ1n) is 5.09. The Morgan fingerprint density at radius 2 is 2.29 bits per heavy atom. The van der Waals surface area contributed by atoms with Crippen LogP contribution in [-0.2, 0) is 21.8 Å². The van der Waals surface area contributed by atoms with Gasteiger partial charge in [0.05, 0.1) is 18.6 Å². The third-order valence-corrected chi connectivity index (χ3v) is 3.05.